The van der Waals surface area contributed by atoms with E-state index in [1.165, 1.54) is 6.07 Å². The molecule has 15 heavy (non-hydrogen) atoms. The summed E-state index contributed by atoms with van der Waals surface area (Å²) >= 11 is 0. The number of aromatic nitrogens is 1. The number of aromatic carboxylic acids is 1. The van der Waals surface area contributed by atoms with Crippen LogP contribution < -0.4 is 5.48 Å². The summed E-state index contributed by atoms with van der Waals surface area (Å²) in [6, 6.07) is 1.33. The first kappa shape index (κ1) is 11.6. The Morgan fingerprint density at radius 1 is 1.67 bits per heavy atom. The number of methoxy groups -OCH3 is 1. The van der Waals surface area contributed by atoms with Crippen LogP contribution in [0.2, 0.25) is 0 Å². The third kappa shape index (κ3) is 4.07. The summed E-state index contributed by atoms with van der Waals surface area (Å²) in [6.45, 7) is 1.13. The molecule has 1 heterocycles. The van der Waals surface area contributed by atoms with Gasteiger partial charge in [0.2, 0.25) is 0 Å². The van der Waals surface area contributed by atoms with Crippen molar-refractivity contribution in [2.24, 2.45) is 0 Å². The number of rotatable bonds is 7. The molecular weight excluding hydrogens is 204 g/mol. The Hall–Kier alpha value is -1.44. The molecule has 1 aromatic heterocycles. The van der Waals surface area contributed by atoms with Gasteiger partial charge in [-0.3, -0.25) is 4.84 Å². The molecule has 7 heteroatoms. The summed E-state index contributed by atoms with van der Waals surface area (Å²) in [7, 11) is 1.57. The molecule has 0 fully saturated rings. The van der Waals surface area contributed by atoms with Crippen molar-refractivity contribution in [1.29, 1.82) is 0 Å². The van der Waals surface area contributed by atoms with E-state index in [9.17, 15) is 4.79 Å². The van der Waals surface area contributed by atoms with Crippen LogP contribution in [0.4, 0.5) is 0 Å². The smallest absolute Gasteiger partial charge is 0.358 e. The van der Waals surface area contributed by atoms with Gasteiger partial charge in [-0.1, -0.05) is 5.16 Å². The summed E-state index contributed by atoms with van der Waals surface area (Å²) in [4.78, 5) is 15.4. The van der Waals surface area contributed by atoms with Gasteiger partial charge in [0.25, 0.3) is 0 Å². The van der Waals surface area contributed by atoms with E-state index >= 15 is 0 Å². The summed E-state index contributed by atoms with van der Waals surface area (Å²) in [5.41, 5.74) is 2.46. The second kappa shape index (κ2) is 6.12. The zero-order valence-corrected chi connectivity index (χ0v) is 8.23. The van der Waals surface area contributed by atoms with Crippen molar-refractivity contribution in [2.75, 3.05) is 20.3 Å². The van der Waals surface area contributed by atoms with E-state index in [1.807, 2.05) is 0 Å². The van der Waals surface area contributed by atoms with Gasteiger partial charge in [-0.05, 0) is 0 Å². The summed E-state index contributed by atoms with van der Waals surface area (Å²) < 4.78 is 9.48. The molecular formula is C8H12N2O5. The number of nitrogens with one attached hydrogen (secondary N) is 1. The number of ether oxygens (including phenoxy) is 1. The van der Waals surface area contributed by atoms with Gasteiger partial charge >= 0.3 is 5.97 Å². The minimum absolute atomic E-state index is 0.122. The quantitative estimate of drug-likeness (QED) is 0.491. The van der Waals surface area contributed by atoms with E-state index in [0.717, 1.165) is 0 Å². The van der Waals surface area contributed by atoms with Gasteiger partial charge in [0, 0.05) is 13.2 Å². The highest BCUT2D eigenvalue weighted by Gasteiger charge is 2.09. The van der Waals surface area contributed by atoms with Crippen molar-refractivity contribution in [3.05, 3.63) is 17.5 Å². The molecule has 0 unspecified atom stereocenters. The summed E-state index contributed by atoms with van der Waals surface area (Å²) in [5, 5.41) is 11.9. The highest BCUT2D eigenvalue weighted by atomic mass is 16.7. The van der Waals surface area contributed by atoms with Crippen LogP contribution in [-0.2, 0) is 16.1 Å². The Kier molecular flexibility index (Phi) is 4.75. The molecule has 7 nitrogen and oxygen atoms in total. The minimum Gasteiger partial charge on any atom is -0.476 e. The first-order valence-electron chi connectivity index (χ1n) is 4.26. The monoisotopic (exact) mass is 216 g/mol. The lowest BCUT2D eigenvalue weighted by atomic mass is 10.4. The molecule has 1 aromatic rings. The van der Waals surface area contributed by atoms with Gasteiger partial charge < -0.3 is 14.4 Å². The molecule has 0 bridgehead atoms. The lowest BCUT2D eigenvalue weighted by Crippen LogP contribution is -2.16. The van der Waals surface area contributed by atoms with Crippen LogP contribution in [0.5, 0.6) is 0 Å². The number of nitrogens with zero attached hydrogens (tertiary/aromatic N) is 1. The van der Waals surface area contributed by atoms with E-state index in [0.29, 0.717) is 19.0 Å². The number of hydrogen-bond donors (Lipinski definition) is 2. The number of carbonyl (C=O) groups is 1. The largest absolute Gasteiger partial charge is 0.476 e. The fourth-order valence-corrected chi connectivity index (χ4v) is 0.816. The topological polar surface area (TPSA) is 93.8 Å². The predicted molar refractivity (Wildman–Crippen MR) is 48.1 cm³/mol. The zero-order valence-electron chi connectivity index (χ0n) is 8.23. The Balaban J connectivity index is 2.23. The molecule has 0 aliphatic rings. The van der Waals surface area contributed by atoms with Gasteiger partial charge in [-0.15, -0.1) is 0 Å². The van der Waals surface area contributed by atoms with E-state index in [4.69, 9.17) is 19.2 Å². The van der Waals surface area contributed by atoms with Crippen molar-refractivity contribution in [3.63, 3.8) is 0 Å². The van der Waals surface area contributed by atoms with Gasteiger partial charge in [0.1, 0.15) is 0 Å². The molecule has 0 aromatic carbocycles. The molecule has 0 saturated carbocycles. The zero-order chi connectivity index (χ0) is 11.1. The van der Waals surface area contributed by atoms with E-state index in [-0.39, 0.29) is 12.2 Å². The maximum Gasteiger partial charge on any atom is 0.358 e. The summed E-state index contributed by atoms with van der Waals surface area (Å²) in [5.74, 6) is -0.727. The Bertz CT molecular complexity index is 312. The molecule has 0 atom stereocenters. The van der Waals surface area contributed by atoms with Crippen molar-refractivity contribution in [1.82, 2.24) is 10.6 Å². The van der Waals surface area contributed by atoms with Gasteiger partial charge in [-0.2, -0.15) is 5.48 Å². The first-order valence-corrected chi connectivity index (χ1v) is 4.26. The fraction of sp³-hybridized carbons (Fsp3) is 0.500. The van der Waals surface area contributed by atoms with Crippen molar-refractivity contribution < 1.29 is 24.0 Å². The molecule has 1 rings (SSSR count). The average molecular weight is 216 g/mol. The normalized spacial score (nSPS) is 10.5. The Labute approximate surface area is 85.9 Å². The highest BCUT2D eigenvalue weighted by molar-refractivity contribution is 5.85. The lowest BCUT2D eigenvalue weighted by molar-refractivity contribution is 0.000392. The molecule has 0 aliphatic heterocycles. The predicted octanol–water partition coefficient (Wildman–Crippen LogP) is 0.0404. The second-order valence-electron chi connectivity index (χ2n) is 2.65. The van der Waals surface area contributed by atoms with Crippen LogP contribution in [0.25, 0.3) is 0 Å². The van der Waals surface area contributed by atoms with Gasteiger partial charge in [0.05, 0.1) is 19.8 Å². The maximum atomic E-state index is 10.4. The Morgan fingerprint density at radius 2 is 2.47 bits per heavy atom. The standard InChI is InChI=1S/C8H12N2O5/c1-13-2-3-14-9-5-6-4-7(8(11)12)10-15-6/h4,9H,2-3,5H2,1H3,(H,11,12). The number of hydroxylamine groups is 1. The van der Waals surface area contributed by atoms with E-state index in [2.05, 4.69) is 10.6 Å². The van der Waals surface area contributed by atoms with Gasteiger partial charge in [0.15, 0.2) is 11.5 Å². The Morgan fingerprint density at radius 3 is 3.07 bits per heavy atom. The van der Waals surface area contributed by atoms with Crippen LogP contribution in [0.3, 0.4) is 0 Å². The SMILES string of the molecule is COCCONCc1cc(C(=O)O)no1. The molecule has 0 spiro atoms. The molecule has 2 N–H and O–H groups in total. The molecule has 0 amide bonds. The third-order valence-electron chi connectivity index (χ3n) is 1.52. The van der Waals surface area contributed by atoms with E-state index < -0.39 is 5.97 Å². The van der Waals surface area contributed by atoms with Crippen LogP contribution in [0, 0.1) is 0 Å². The van der Waals surface area contributed by atoms with Crippen molar-refractivity contribution >= 4 is 5.97 Å². The van der Waals surface area contributed by atoms with Crippen LogP contribution >= 0.6 is 0 Å². The number of hydrogen-bond acceptors (Lipinski definition) is 6. The highest BCUT2D eigenvalue weighted by Crippen LogP contribution is 2.02. The molecule has 0 radical (unpaired) electrons. The first-order chi connectivity index (χ1) is 7.24. The van der Waals surface area contributed by atoms with Crippen LogP contribution in [0.15, 0.2) is 10.6 Å². The van der Waals surface area contributed by atoms with Crippen molar-refractivity contribution in [3.8, 4) is 0 Å². The second-order valence-corrected chi connectivity index (χ2v) is 2.65. The lowest BCUT2D eigenvalue weighted by Gasteiger charge is -2.01. The van der Waals surface area contributed by atoms with Crippen molar-refractivity contribution in [2.45, 2.75) is 6.54 Å². The van der Waals surface area contributed by atoms with Crippen LogP contribution in [0.1, 0.15) is 16.2 Å². The molecule has 0 saturated heterocycles. The average Bonchev–Trinajstić information content (AvgIpc) is 2.66. The summed E-state index contributed by atoms with van der Waals surface area (Å²) in [6.07, 6.45) is 0. The molecule has 0 aliphatic carbocycles. The number of carboxylic acid groups (broad SMARTS) is 1. The fourth-order valence-electron chi connectivity index (χ4n) is 0.816. The van der Waals surface area contributed by atoms with E-state index in [1.54, 1.807) is 7.11 Å². The minimum atomic E-state index is -1.12. The third-order valence-corrected chi connectivity index (χ3v) is 1.52. The number of carboxylic acids is 1. The maximum absolute atomic E-state index is 10.4. The van der Waals surface area contributed by atoms with Crippen LogP contribution in [-0.4, -0.2) is 36.6 Å². The van der Waals surface area contributed by atoms with Gasteiger partial charge in [-0.25, -0.2) is 4.79 Å². The molecule has 84 valence electrons.